The summed E-state index contributed by atoms with van der Waals surface area (Å²) in [6.45, 7) is 0. The van der Waals surface area contributed by atoms with E-state index in [-0.39, 0.29) is 6.42 Å². The van der Waals surface area contributed by atoms with E-state index in [1.807, 2.05) is 24.3 Å². The lowest BCUT2D eigenvalue weighted by Gasteiger charge is -2.19. The van der Waals surface area contributed by atoms with E-state index in [0.29, 0.717) is 0 Å². The van der Waals surface area contributed by atoms with Crippen molar-refractivity contribution in [3.05, 3.63) is 35.4 Å². The van der Waals surface area contributed by atoms with Gasteiger partial charge in [-0.1, -0.05) is 12.1 Å². The molecule has 0 spiro atoms. The van der Waals surface area contributed by atoms with Gasteiger partial charge in [-0.05, 0) is 41.7 Å². The number of carbonyl (C=O) groups excluding carboxylic acids is 1. The van der Waals surface area contributed by atoms with Gasteiger partial charge in [0, 0.05) is 12.4 Å². The molecule has 0 saturated heterocycles. The minimum atomic E-state index is -1.03. The van der Waals surface area contributed by atoms with Gasteiger partial charge in [0.2, 0.25) is 0 Å². The van der Waals surface area contributed by atoms with Crippen LogP contribution in [0.3, 0.4) is 0 Å². The van der Waals surface area contributed by atoms with E-state index in [2.05, 4.69) is 0 Å². The number of methoxy groups -OCH3 is 1. The van der Waals surface area contributed by atoms with Crippen LogP contribution in [-0.4, -0.2) is 13.1 Å². The van der Waals surface area contributed by atoms with E-state index in [0.717, 1.165) is 35.3 Å². The molecular weight excluding hydrogens is 204 g/mol. The van der Waals surface area contributed by atoms with Crippen LogP contribution < -0.4 is 9.84 Å². The van der Waals surface area contributed by atoms with E-state index < -0.39 is 5.97 Å². The molecule has 0 unspecified atom stereocenters. The number of aryl methyl sites for hydroxylation is 1. The molecule has 0 aromatic heterocycles. The number of allylic oxidation sites excluding steroid dienone is 1. The van der Waals surface area contributed by atoms with Crippen molar-refractivity contribution in [1.82, 2.24) is 0 Å². The number of rotatable bonds is 3. The van der Waals surface area contributed by atoms with Crippen LogP contribution in [0, 0.1) is 0 Å². The molecule has 1 aliphatic rings. The number of benzene rings is 1. The average molecular weight is 217 g/mol. The molecule has 84 valence electrons. The summed E-state index contributed by atoms with van der Waals surface area (Å²) in [5, 5.41) is 10.6. The monoisotopic (exact) mass is 217 g/mol. The smallest absolute Gasteiger partial charge is 0.119 e. The van der Waals surface area contributed by atoms with Crippen LogP contribution in [0.15, 0.2) is 24.3 Å². The van der Waals surface area contributed by atoms with Crippen molar-refractivity contribution in [1.29, 1.82) is 0 Å². The lowest BCUT2D eigenvalue weighted by Crippen LogP contribution is -2.22. The number of carbonyl (C=O) groups is 1. The maximum absolute atomic E-state index is 10.6. The summed E-state index contributed by atoms with van der Waals surface area (Å²) in [5.74, 6) is -0.219. The number of hydrogen-bond donors (Lipinski definition) is 0. The number of carboxylic acid groups (broad SMARTS) is 1. The number of ether oxygens (including phenoxy) is 1. The first kappa shape index (κ1) is 10.7. The molecule has 1 aromatic rings. The largest absolute Gasteiger partial charge is 0.550 e. The zero-order valence-electron chi connectivity index (χ0n) is 9.16. The molecule has 0 aliphatic heterocycles. The molecule has 0 amide bonds. The minimum absolute atomic E-state index is 0.0146. The molecule has 3 nitrogen and oxygen atoms in total. The summed E-state index contributed by atoms with van der Waals surface area (Å²) < 4.78 is 5.15. The second kappa shape index (κ2) is 4.39. The van der Waals surface area contributed by atoms with Gasteiger partial charge in [-0.15, -0.1) is 0 Å². The summed E-state index contributed by atoms with van der Waals surface area (Å²) in [7, 11) is 1.63. The fraction of sp³-hybridized carbons (Fsp3) is 0.308. The van der Waals surface area contributed by atoms with Crippen LogP contribution in [0.25, 0.3) is 5.57 Å². The van der Waals surface area contributed by atoms with E-state index in [1.54, 1.807) is 7.11 Å². The first-order valence-corrected chi connectivity index (χ1v) is 5.27. The van der Waals surface area contributed by atoms with Gasteiger partial charge in [-0.2, -0.15) is 0 Å². The average Bonchev–Trinajstić information content (AvgIpc) is 2.28. The van der Waals surface area contributed by atoms with Gasteiger partial charge < -0.3 is 14.6 Å². The van der Waals surface area contributed by atoms with E-state index in [9.17, 15) is 9.90 Å². The van der Waals surface area contributed by atoms with Gasteiger partial charge in [-0.3, -0.25) is 0 Å². The number of fused-ring (bicyclic) bond motifs is 1. The van der Waals surface area contributed by atoms with Gasteiger partial charge in [0.15, 0.2) is 0 Å². The Bertz CT molecular complexity index is 446. The van der Waals surface area contributed by atoms with Crippen LogP contribution in [0.1, 0.15) is 24.0 Å². The van der Waals surface area contributed by atoms with E-state index >= 15 is 0 Å². The molecule has 0 heterocycles. The highest BCUT2D eigenvalue weighted by Crippen LogP contribution is 2.31. The summed E-state index contributed by atoms with van der Waals surface area (Å²) in [6, 6.07) is 5.74. The molecule has 0 atom stereocenters. The van der Waals surface area contributed by atoms with Crippen LogP contribution in [-0.2, 0) is 11.2 Å². The summed E-state index contributed by atoms with van der Waals surface area (Å²) >= 11 is 0. The van der Waals surface area contributed by atoms with Crippen LogP contribution in [0.4, 0.5) is 0 Å². The second-order valence-electron chi connectivity index (χ2n) is 3.84. The fourth-order valence-corrected chi connectivity index (χ4v) is 2.05. The highest BCUT2D eigenvalue weighted by molar-refractivity contribution is 5.84. The van der Waals surface area contributed by atoms with Crippen molar-refractivity contribution in [2.45, 2.75) is 19.3 Å². The normalized spacial score (nSPS) is 13.9. The van der Waals surface area contributed by atoms with E-state index in [1.165, 1.54) is 0 Å². The van der Waals surface area contributed by atoms with Crippen molar-refractivity contribution < 1.29 is 14.6 Å². The van der Waals surface area contributed by atoms with Gasteiger partial charge in [0.05, 0.1) is 7.11 Å². The highest BCUT2D eigenvalue weighted by atomic mass is 16.5. The van der Waals surface area contributed by atoms with Gasteiger partial charge in [0.1, 0.15) is 5.75 Å². The molecule has 3 heteroatoms. The van der Waals surface area contributed by atoms with Crippen LogP contribution >= 0.6 is 0 Å². The lowest BCUT2D eigenvalue weighted by molar-refractivity contribution is -0.304. The van der Waals surface area contributed by atoms with Crippen LogP contribution in [0.5, 0.6) is 5.75 Å². The Labute approximate surface area is 94.4 Å². The predicted octanol–water partition coefficient (Wildman–Crippen LogP) is 1.16. The zero-order chi connectivity index (χ0) is 11.5. The van der Waals surface area contributed by atoms with Gasteiger partial charge in [-0.25, -0.2) is 0 Å². The molecule has 0 radical (unpaired) electrons. The quantitative estimate of drug-likeness (QED) is 0.763. The number of aliphatic carboxylic acids is 1. The Balaban J connectivity index is 2.35. The van der Waals surface area contributed by atoms with Gasteiger partial charge >= 0.3 is 0 Å². The topological polar surface area (TPSA) is 49.4 Å². The van der Waals surface area contributed by atoms with Crippen molar-refractivity contribution >= 4 is 11.5 Å². The summed E-state index contributed by atoms with van der Waals surface area (Å²) in [6.07, 6.45) is 3.77. The molecule has 16 heavy (non-hydrogen) atoms. The van der Waals surface area contributed by atoms with E-state index in [4.69, 9.17) is 4.74 Å². The first-order valence-electron chi connectivity index (χ1n) is 5.27. The third-order valence-electron chi connectivity index (χ3n) is 2.80. The SMILES string of the molecule is COc1ccc2c(c1)CCC=C2CC(=O)[O-]. The Hall–Kier alpha value is -1.77. The van der Waals surface area contributed by atoms with Crippen molar-refractivity contribution in [3.8, 4) is 5.75 Å². The Morgan fingerprint density at radius 3 is 3.00 bits per heavy atom. The molecule has 1 aliphatic carbocycles. The standard InChI is InChI=1S/C13H14O3/c1-16-11-5-6-12-9(7-11)3-2-4-10(12)8-13(14)15/h4-7H,2-3,8H2,1H3,(H,14,15)/p-1. The Morgan fingerprint density at radius 2 is 2.31 bits per heavy atom. The highest BCUT2D eigenvalue weighted by Gasteiger charge is 2.13. The third-order valence-corrected chi connectivity index (χ3v) is 2.80. The van der Waals surface area contributed by atoms with Crippen molar-refractivity contribution in [3.63, 3.8) is 0 Å². The Morgan fingerprint density at radius 1 is 1.50 bits per heavy atom. The number of carboxylic acids is 1. The minimum Gasteiger partial charge on any atom is -0.550 e. The zero-order valence-corrected chi connectivity index (χ0v) is 9.16. The van der Waals surface area contributed by atoms with Crippen LogP contribution in [0.2, 0.25) is 0 Å². The first-order chi connectivity index (χ1) is 7.70. The molecule has 2 rings (SSSR count). The summed E-state index contributed by atoms with van der Waals surface area (Å²) in [4.78, 5) is 10.6. The molecule has 1 aromatic carbocycles. The molecule has 0 fully saturated rings. The van der Waals surface area contributed by atoms with Gasteiger partial charge in [0.25, 0.3) is 0 Å². The fourth-order valence-electron chi connectivity index (χ4n) is 2.05. The summed E-state index contributed by atoms with van der Waals surface area (Å²) in [5.41, 5.74) is 3.01. The van der Waals surface area contributed by atoms with Crippen molar-refractivity contribution in [2.75, 3.05) is 7.11 Å². The van der Waals surface area contributed by atoms with Crippen molar-refractivity contribution in [2.24, 2.45) is 0 Å². The Kier molecular flexibility index (Phi) is 2.95. The maximum atomic E-state index is 10.6. The maximum Gasteiger partial charge on any atom is 0.119 e. The lowest BCUT2D eigenvalue weighted by atomic mass is 9.89. The second-order valence-corrected chi connectivity index (χ2v) is 3.84. The molecular formula is C13H13O3-. The molecule has 0 saturated carbocycles. The third kappa shape index (κ3) is 2.08. The number of hydrogen-bond acceptors (Lipinski definition) is 3. The molecule has 0 bridgehead atoms. The molecule has 0 N–H and O–H groups in total. The predicted molar refractivity (Wildman–Crippen MR) is 58.9 cm³/mol.